The molecular formula is C25H31FN2O3. The highest BCUT2D eigenvalue weighted by molar-refractivity contribution is 5.81. The minimum atomic E-state index is -0.662. The van der Waals surface area contributed by atoms with Crippen LogP contribution in [0, 0.1) is 11.7 Å². The number of carbonyl (C=O) groups is 2. The van der Waals surface area contributed by atoms with Crippen molar-refractivity contribution < 1.29 is 18.7 Å². The minimum Gasteiger partial charge on any atom is -0.481 e. The zero-order chi connectivity index (χ0) is 22.7. The number of carbonyl (C=O) groups excluding carboxylic acids is 2. The van der Waals surface area contributed by atoms with Crippen LogP contribution < -0.4 is 10.1 Å². The van der Waals surface area contributed by atoms with Gasteiger partial charge in [0.05, 0.1) is 6.04 Å². The van der Waals surface area contributed by atoms with E-state index < -0.39 is 12.1 Å². The Morgan fingerprint density at radius 3 is 2.48 bits per heavy atom. The zero-order valence-corrected chi connectivity index (χ0v) is 18.8. The first-order chi connectivity index (χ1) is 14.7. The van der Waals surface area contributed by atoms with Crippen LogP contribution in [0.5, 0.6) is 5.75 Å². The van der Waals surface area contributed by atoms with Crippen LogP contribution in [0.15, 0.2) is 42.5 Å². The Balaban J connectivity index is 1.99. The van der Waals surface area contributed by atoms with Crippen LogP contribution in [0.2, 0.25) is 0 Å². The molecule has 0 spiro atoms. The third-order valence-corrected chi connectivity index (χ3v) is 5.40. The summed E-state index contributed by atoms with van der Waals surface area (Å²) in [5.41, 5.74) is 2.71. The fraction of sp³-hybridized carbons (Fsp3) is 0.440. The Bertz CT molecular complexity index is 958. The maximum absolute atomic E-state index is 14.1. The summed E-state index contributed by atoms with van der Waals surface area (Å²) in [7, 11) is 0. The molecule has 2 amide bonds. The van der Waals surface area contributed by atoms with E-state index in [1.165, 1.54) is 12.1 Å². The number of nitrogens with zero attached hydrogens (tertiary/aromatic N) is 1. The van der Waals surface area contributed by atoms with E-state index in [4.69, 9.17) is 4.74 Å². The molecule has 0 aliphatic carbocycles. The summed E-state index contributed by atoms with van der Waals surface area (Å²) >= 11 is 0. The average molecular weight is 427 g/mol. The molecule has 2 aromatic carbocycles. The summed E-state index contributed by atoms with van der Waals surface area (Å²) in [4.78, 5) is 27.1. The first-order valence-electron chi connectivity index (χ1n) is 10.8. The van der Waals surface area contributed by atoms with E-state index in [2.05, 4.69) is 5.32 Å². The first-order valence-corrected chi connectivity index (χ1v) is 10.8. The predicted molar refractivity (Wildman–Crippen MR) is 118 cm³/mol. The summed E-state index contributed by atoms with van der Waals surface area (Å²) in [6, 6.07) is 11.7. The van der Waals surface area contributed by atoms with Gasteiger partial charge in [0.1, 0.15) is 11.6 Å². The number of ether oxygens (including phenoxy) is 1. The third kappa shape index (κ3) is 5.24. The molecule has 0 saturated heterocycles. The van der Waals surface area contributed by atoms with E-state index in [1.807, 2.05) is 56.9 Å². The van der Waals surface area contributed by atoms with Crippen molar-refractivity contribution in [3.05, 3.63) is 65.0 Å². The molecule has 166 valence electrons. The van der Waals surface area contributed by atoms with Crippen molar-refractivity contribution in [3.63, 3.8) is 0 Å². The van der Waals surface area contributed by atoms with Gasteiger partial charge >= 0.3 is 0 Å². The number of benzene rings is 2. The Morgan fingerprint density at radius 2 is 1.84 bits per heavy atom. The second-order valence-corrected chi connectivity index (χ2v) is 8.68. The minimum absolute atomic E-state index is 0.0232. The summed E-state index contributed by atoms with van der Waals surface area (Å²) in [6.45, 7) is 9.80. The predicted octanol–water partition coefficient (Wildman–Crippen LogP) is 4.25. The van der Waals surface area contributed by atoms with E-state index in [1.54, 1.807) is 13.0 Å². The second kappa shape index (κ2) is 9.50. The highest BCUT2D eigenvalue weighted by Crippen LogP contribution is 2.38. The van der Waals surface area contributed by atoms with E-state index in [0.29, 0.717) is 18.7 Å². The number of halogens is 1. The molecule has 0 aromatic heterocycles. The Labute approximate surface area is 183 Å². The molecule has 5 nitrogen and oxygen atoms in total. The molecule has 2 aromatic rings. The van der Waals surface area contributed by atoms with Gasteiger partial charge in [-0.25, -0.2) is 4.39 Å². The summed E-state index contributed by atoms with van der Waals surface area (Å²) in [5, 5.41) is 2.84. The molecule has 0 fully saturated rings. The second-order valence-electron chi connectivity index (χ2n) is 8.68. The van der Waals surface area contributed by atoms with E-state index in [-0.39, 0.29) is 29.6 Å². The molecule has 0 saturated carbocycles. The lowest BCUT2D eigenvalue weighted by Crippen LogP contribution is -2.42. The molecule has 2 atom stereocenters. The topological polar surface area (TPSA) is 58.6 Å². The largest absolute Gasteiger partial charge is 0.481 e. The van der Waals surface area contributed by atoms with Gasteiger partial charge < -0.3 is 15.0 Å². The van der Waals surface area contributed by atoms with Crippen molar-refractivity contribution >= 4 is 11.8 Å². The third-order valence-electron chi connectivity index (χ3n) is 5.40. The number of rotatable bonds is 6. The Kier molecular flexibility index (Phi) is 6.98. The van der Waals surface area contributed by atoms with Gasteiger partial charge in [-0.1, -0.05) is 32.0 Å². The molecule has 3 rings (SSSR count). The van der Waals surface area contributed by atoms with Crippen LogP contribution >= 0.6 is 0 Å². The Morgan fingerprint density at radius 1 is 1.10 bits per heavy atom. The van der Waals surface area contributed by atoms with Crippen molar-refractivity contribution in [1.29, 1.82) is 0 Å². The smallest absolute Gasteiger partial charge is 0.260 e. The summed E-state index contributed by atoms with van der Waals surface area (Å²) < 4.78 is 20.0. The monoisotopic (exact) mass is 426 g/mol. The van der Waals surface area contributed by atoms with Gasteiger partial charge in [-0.3, -0.25) is 9.59 Å². The highest BCUT2D eigenvalue weighted by atomic mass is 19.1. The van der Waals surface area contributed by atoms with Gasteiger partial charge in [0.15, 0.2) is 6.10 Å². The van der Waals surface area contributed by atoms with Gasteiger partial charge in [0, 0.05) is 18.5 Å². The highest BCUT2D eigenvalue weighted by Gasteiger charge is 2.33. The summed E-state index contributed by atoms with van der Waals surface area (Å²) in [6.07, 6.45) is 0.0496. The van der Waals surface area contributed by atoms with Gasteiger partial charge in [0.2, 0.25) is 5.91 Å². The van der Waals surface area contributed by atoms with Crippen molar-refractivity contribution in [2.75, 3.05) is 6.54 Å². The number of amides is 2. The zero-order valence-electron chi connectivity index (χ0n) is 18.8. The molecular weight excluding hydrogens is 395 g/mol. The molecule has 31 heavy (non-hydrogen) atoms. The van der Waals surface area contributed by atoms with E-state index >= 15 is 0 Å². The van der Waals surface area contributed by atoms with Gasteiger partial charge in [0.25, 0.3) is 5.91 Å². The maximum Gasteiger partial charge on any atom is 0.260 e. The lowest BCUT2D eigenvalue weighted by molar-refractivity contribution is -0.136. The molecule has 6 heteroatoms. The molecule has 1 aliphatic heterocycles. The van der Waals surface area contributed by atoms with Crippen LogP contribution in [-0.4, -0.2) is 35.4 Å². The van der Waals surface area contributed by atoms with Crippen molar-refractivity contribution in [3.8, 4) is 5.75 Å². The van der Waals surface area contributed by atoms with Crippen LogP contribution in [0.1, 0.15) is 57.4 Å². The van der Waals surface area contributed by atoms with Crippen LogP contribution in [-0.2, 0) is 16.0 Å². The molecule has 0 radical (unpaired) electrons. The van der Waals surface area contributed by atoms with Crippen molar-refractivity contribution in [2.24, 2.45) is 5.92 Å². The maximum atomic E-state index is 14.1. The lowest BCUT2D eigenvalue weighted by atomic mass is 9.87. The lowest BCUT2D eigenvalue weighted by Gasteiger charge is -2.39. The SMILES string of the molecule is CC(C)NC(=O)[C@H](C)Oc1ccc2c(c1)[C@H](c1cccc(F)c1)N(C(=O)C(C)C)CC2. The molecule has 1 heterocycles. The summed E-state index contributed by atoms with van der Waals surface area (Å²) in [5.74, 6) is -0.128. The first kappa shape index (κ1) is 22.8. The van der Waals surface area contributed by atoms with Crippen molar-refractivity contribution in [2.45, 2.75) is 59.2 Å². The van der Waals surface area contributed by atoms with Gasteiger partial charge in [-0.15, -0.1) is 0 Å². The van der Waals surface area contributed by atoms with E-state index in [9.17, 15) is 14.0 Å². The van der Waals surface area contributed by atoms with Crippen LogP contribution in [0.4, 0.5) is 4.39 Å². The number of nitrogens with one attached hydrogen (secondary N) is 1. The van der Waals surface area contributed by atoms with Gasteiger partial charge in [-0.2, -0.15) is 0 Å². The normalized spacial score (nSPS) is 16.8. The van der Waals surface area contributed by atoms with Gasteiger partial charge in [-0.05, 0) is 68.1 Å². The number of hydrogen-bond donors (Lipinski definition) is 1. The molecule has 0 bridgehead atoms. The standard InChI is InChI=1S/C25H31FN2O3/c1-15(2)25(30)28-12-11-18-9-10-21(31-17(5)24(29)27-16(3)4)14-22(18)23(28)19-7-6-8-20(26)13-19/h6-10,13-17,23H,11-12H2,1-5H3,(H,27,29)/t17-,23-/m0/s1. The average Bonchev–Trinajstić information content (AvgIpc) is 2.71. The molecule has 1 aliphatic rings. The quantitative estimate of drug-likeness (QED) is 0.751. The van der Waals surface area contributed by atoms with Crippen molar-refractivity contribution in [1.82, 2.24) is 10.2 Å². The fourth-order valence-corrected chi connectivity index (χ4v) is 3.93. The molecule has 1 N–H and O–H groups in total. The number of fused-ring (bicyclic) bond motifs is 1. The fourth-order valence-electron chi connectivity index (χ4n) is 3.93. The molecule has 0 unspecified atom stereocenters. The van der Waals surface area contributed by atoms with E-state index in [0.717, 1.165) is 16.7 Å². The Hall–Kier alpha value is -2.89. The van der Waals surface area contributed by atoms with Crippen LogP contribution in [0.3, 0.4) is 0 Å². The number of hydrogen-bond acceptors (Lipinski definition) is 3. The van der Waals surface area contributed by atoms with Crippen LogP contribution in [0.25, 0.3) is 0 Å².